The van der Waals surface area contributed by atoms with Gasteiger partial charge in [-0.05, 0) is 62.6 Å². The highest BCUT2D eigenvalue weighted by Gasteiger charge is 2.39. The molecule has 2 aliphatic heterocycles. The molecule has 2 aromatic rings. The van der Waals surface area contributed by atoms with Gasteiger partial charge in [0.25, 0.3) is 5.91 Å². The molecule has 0 saturated carbocycles. The summed E-state index contributed by atoms with van der Waals surface area (Å²) in [6, 6.07) is 11.9. The second-order valence-corrected chi connectivity index (χ2v) is 9.11. The number of nitrogens with one attached hydrogen (secondary N) is 1. The van der Waals surface area contributed by atoms with Gasteiger partial charge in [0.15, 0.2) is 0 Å². The van der Waals surface area contributed by atoms with Gasteiger partial charge in [0.05, 0.1) is 5.92 Å². The molecule has 4 rings (SSSR count). The van der Waals surface area contributed by atoms with Crippen molar-refractivity contribution in [3.05, 3.63) is 65.5 Å². The van der Waals surface area contributed by atoms with Crippen molar-refractivity contribution in [2.45, 2.75) is 51.6 Å². The Morgan fingerprint density at radius 1 is 1.09 bits per heavy atom. The van der Waals surface area contributed by atoms with Crippen LogP contribution in [0.2, 0.25) is 0 Å². The van der Waals surface area contributed by atoms with E-state index >= 15 is 0 Å². The summed E-state index contributed by atoms with van der Waals surface area (Å²) in [4.78, 5) is 34.9. The van der Waals surface area contributed by atoms with E-state index in [2.05, 4.69) is 15.2 Å². The van der Waals surface area contributed by atoms with Crippen LogP contribution in [0, 0.1) is 12.8 Å². The van der Waals surface area contributed by atoms with E-state index in [4.69, 9.17) is 0 Å². The van der Waals surface area contributed by atoms with Crippen LogP contribution in [0.4, 0.5) is 0 Å². The third-order valence-corrected chi connectivity index (χ3v) is 6.75. The monoisotopic (exact) mass is 434 g/mol. The third kappa shape index (κ3) is 5.54. The molecule has 0 radical (unpaired) electrons. The van der Waals surface area contributed by atoms with E-state index in [-0.39, 0.29) is 23.8 Å². The molecule has 2 saturated heterocycles. The number of aromatic nitrogens is 1. The molecule has 2 atom stereocenters. The van der Waals surface area contributed by atoms with Crippen LogP contribution in [0.25, 0.3) is 0 Å². The first-order chi connectivity index (χ1) is 15.6. The number of rotatable bonds is 3. The topological polar surface area (TPSA) is 65.5 Å². The fraction of sp³-hybridized carbons (Fsp3) is 0.500. The number of amides is 2. The van der Waals surface area contributed by atoms with Gasteiger partial charge in [-0.1, -0.05) is 30.5 Å². The number of pyridine rings is 1. The number of hydrogen-bond acceptors (Lipinski definition) is 4. The molecular weight excluding hydrogens is 400 g/mol. The molecule has 1 aromatic heterocycles. The first-order valence-electron chi connectivity index (χ1n) is 11.9. The van der Waals surface area contributed by atoms with Crippen molar-refractivity contribution >= 4 is 11.8 Å². The highest BCUT2D eigenvalue weighted by molar-refractivity contribution is 5.94. The van der Waals surface area contributed by atoms with Crippen molar-refractivity contribution in [3.8, 4) is 0 Å². The zero-order valence-corrected chi connectivity index (χ0v) is 19.0. The van der Waals surface area contributed by atoms with Crippen molar-refractivity contribution in [2.75, 3.05) is 26.2 Å². The summed E-state index contributed by atoms with van der Waals surface area (Å²) in [6.45, 7) is 5.65. The molecule has 0 bridgehead atoms. The molecule has 2 unspecified atom stereocenters. The number of carbonyl (C=O) groups excluding carboxylic acids is 2. The van der Waals surface area contributed by atoms with E-state index < -0.39 is 0 Å². The Morgan fingerprint density at radius 2 is 1.91 bits per heavy atom. The number of hydrogen-bond donors (Lipinski definition) is 1. The summed E-state index contributed by atoms with van der Waals surface area (Å²) < 4.78 is 0. The maximum absolute atomic E-state index is 13.3. The van der Waals surface area contributed by atoms with Crippen molar-refractivity contribution in [3.63, 3.8) is 0 Å². The Labute approximate surface area is 191 Å². The number of nitrogens with zero attached hydrogens (tertiary/aromatic N) is 3. The molecule has 32 heavy (non-hydrogen) atoms. The van der Waals surface area contributed by atoms with Gasteiger partial charge in [0.1, 0.15) is 0 Å². The Bertz CT molecular complexity index is 917. The molecule has 6 heteroatoms. The second-order valence-electron chi connectivity index (χ2n) is 9.11. The highest BCUT2D eigenvalue weighted by atomic mass is 16.2. The van der Waals surface area contributed by atoms with Crippen LogP contribution >= 0.6 is 0 Å². The molecule has 1 aromatic carbocycles. The number of carbonyl (C=O) groups is 2. The van der Waals surface area contributed by atoms with Crippen molar-refractivity contribution in [1.29, 1.82) is 0 Å². The predicted octanol–water partition coefficient (Wildman–Crippen LogP) is 3.41. The molecule has 2 amide bonds. The molecule has 0 aliphatic carbocycles. The lowest BCUT2D eigenvalue weighted by Gasteiger charge is -2.43. The Morgan fingerprint density at radius 3 is 2.72 bits per heavy atom. The first kappa shape index (κ1) is 22.5. The van der Waals surface area contributed by atoms with Crippen molar-refractivity contribution < 1.29 is 9.59 Å². The predicted molar refractivity (Wildman–Crippen MR) is 125 cm³/mol. The van der Waals surface area contributed by atoms with E-state index in [0.717, 1.165) is 56.4 Å². The summed E-state index contributed by atoms with van der Waals surface area (Å²) in [7, 11) is 0. The van der Waals surface area contributed by atoms with Crippen molar-refractivity contribution in [2.24, 2.45) is 5.92 Å². The van der Waals surface area contributed by atoms with Gasteiger partial charge in [-0.25, -0.2) is 0 Å². The Kier molecular flexibility index (Phi) is 7.53. The Hall–Kier alpha value is -2.73. The van der Waals surface area contributed by atoms with E-state index in [9.17, 15) is 9.59 Å². The van der Waals surface area contributed by atoms with Gasteiger partial charge < -0.3 is 10.2 Å². The van der Waals surface area contributed by atoms with Gasteiger partial charge in [-0.2, -0.15) is 0 Å². The summed E-state index contributed by atoms with van der Waals surface area (Å²) in [5, 5.41) is 3.17. The Balaban J connectivity index is 1.59. The zero-order valence-electron chi connectivity index (χ0n) is 19.0. The number of aryl methyl sites for hydroxylation is 1. The van der Waals surface area contributed by atoms with Gasteiger partial charge >= 0.3 is 0 Å². The zero-order chi connectivity index (χ0) is 22.3. The van der Waals surface area contributed by atoms with Gasteiger partial charge in [-0.3, -0.25) is 19.5 Å². The number of likely N-dealkylation sites (tertiary alicyclic amines) is 1. The fourth-order valence-electron chi connectivity index (χ4n) is 4.97. The maximum atomic E-state index is 13.3. The third-order valence-electron chi connectivity index (χ3n) is 6.75. The van der Waals surface area contributed by atoms with E-state index in [1.54, 1.807) is 0 Å². The number of fused-ring (bicyclic) bond motifs is 1. The SMILES string of the molecule is Cc1cccc(C(=O)N2CCC3C(=O)NCCCCCCN(Cc4ccncc4)C3C2)c1. The van der Waals surface area contributed by atoms with Gasteiger partial charge in [0, 0.05) is 50.2 Å². The first-order valence-corrected chi connectivity index (χ1v) is 11.9. The fourth-order valence-corrected chi connectivity index (χ4v) is 4.97. The lowest BCUT2D eigenvalue weighted by atomic mass is 9.88. The largest absolute Gasteiger partial charge is 0.356 e. The maximum Gasteiger partial charge on any atom is 0.253 e. The smallest absolute Gasteiger partial charge is 0.253 e. The minimum absolute atomic E-state index is 0.00349. The average Bonchev–Trinajstić information content (AvgIpc) is 2.85. The van der Waals surface area contributed by atoms with E-state index in [1.807, 2.05) is 60.6 Å². The molecule has 2 aliphatic rings. The van der Waals surface area contributed by atoms with Crippen LogP contribution in [0.3, 0.4) is 0 Å². The minimum atomic E-state index is -0.100. The second kappa shape index (κ2) is 10.7. The van der Waals surface area contributed by atoms with Gasteiger partial charge in [-0.15, -0.1) is 0 Å². The molecule has 1 N–H and O–H groups in total. The average molecular weight is 435 g/mol. The van der Waals surface area contributed by atoms with Crippen LogP contribution in [0.5, 0.6) is 0 Å². The van der Waals surface area contributed by atoms with E-state index in [1.165, 1.54) is 5.56 Å². The molecule has 170 valence electrons. The lowest BCUT2D eigenvalue weighted by Crippen LogP contribution is -2.57. The van der Waals surface area contributed by atoms with Crippen molar-refractivity contribution in [1.82, 2.24) is 20.1 Å². The quantitative estimate of drug-likeness (QED) is 0.804. The summed E-state index contributed by atoms with van der Waals surface area (Å²) in [6.07, 6.45) is 8.77. The molecule has 6 nitrogen and oxygen atoms in total. The number of piperidine rings is 1. The van der Waals surface area contributed by atoms with Crippen LogP contribution in [0.1, 0.15) is 53.6 Å². The summed E-state index contributed by atoms with van der Waals surface area (Å²) >= 11 is 0. The van der Waals surface area contributed by atoms with Crippen LogP contribution in [0.15, 0.2) is 48.8 Å². The highest BCUT2D eigenvalue weighted by Crippen LogP contribution is 2.27. The standard InChI is InChI=1S/C26H34N4O2/c1-20-7-6-8-22(17-20)26(32)30-16-11-23-24(19-30)29(18-21-9-13-27-14-10-21)15-5-3-2-4-12-28-25(23)31/h6-10,13-14,17,23-24H,2-5,11-12,15-16,18-19H2,1H3,(H,28,31). The molecule has 2 fully saturated rings. The van der Waals surface area contributed by atoms with Gasteiger partial charge in [0.2, 0.25) is 5.91 Å². The minimum Gasteiger partial charge on any atom is -0.356 e. The van der Waals surface area contributed by atoms with Crippen LogP contribution < -0.4 is 5.32 Å². The number of benzene rings is 1. The lowest BCUT2D eigenvalue weighted by molar-refractivity contribution is -0.129. The molecular formula is C26H34N4O2. The molecule has 0 spiro atoms. The van der Waals surface area contributed by atoms with Crippen LogP contribution in [-0.2, 0) is 11.3 Å². The summed E-state index contributed by atoms with van der Waals surface area (Å²) in [5.74, 6) is 0.0986. The van der Waals surface area contributed by atoms with Crippen LogP contribution in [-0.4, -0.2) is 58.8 Å². The van der Waals surface area contributed by atoms with E-state index in [0.29, 0.717) is 19.5 Å². The molecule has 3 heterocycles. The normalized spacial score (nSPS) is 23.0. The summed E-state index contributed by atoms with van der Waals surface area (Å²) in [5.41, 5.74) is 3.00.